The molecule has 1 saturated heterocycles. The molecule has 0 unspecified atom stereocenters. The lowest BCUT2D eigenvalue weighted by molar-refractivity contribution is 0.148. The van der Waals surface area contributed by atoms with Crippen LogP contribution in [0.25, 0.3) is 0 Å². The van der Waals surface area contributed by atoms with Gasteiger partial charge in [-0.2, -0.15) is 12.6 Å². The summed E-state index contributed by atoms with van der Waals surface area (Å²) in [6, 6.07) is 0. The third-order valence-corrected chi connectivity index (χ3v) is 4.25. The zero-order valence-corrected chi connectivity index (χ0v) is 10.7. The third kappa shape index (κ3) is 3.17. The lowest BCUT2D eigenvalue weighted by Gasteiger charge is -2.31. The number of aromatic nitrogens is 1. The Bertz CT molecular complexity index is 305. The van der Waals surface area contributed by atoms with Crippen LogP contribution in [0.2, 0.25) is 0 Å². The number of thiazole rings is 1. The lowest BCUT2D eigenvalue weighted by atomic mass is 10.3. The molecule has 1 aliphatic rings. The molecule has 2 rings (SSSR count). The fourth-order valence-corrected chi connectivity index (χ4v) is 2.79. The summed E-state index contributed by atoms with van der Waals surface area (Å²) in [5, 5.41) is 1.23. The number of hydrogen-bond acceptors (Lipinski definition) is 5. The van der Waals surface area contributed by atoms with E-state index in [1.54, 1.807) is 11.3 Å². The van der Waals surface area contributed by atoms with E-state index in [1.807, 2.05) is 6.20 Å². The number of piperazine rings is 1. The van der Waals surface area contributed by atoms with Gasteiger partial charge in [-0.05, 0) is 7.05 Å². The van der Waals surface area contributed by atoms with Crippen LogP contribution in [0.5, 0.6) is 0 Å². The van der Waals surface area contributed by atoms with E-state index in [-0.39, 0.29) is 0 Å². The smallest absolute Gasteiger partial charge is 0.107 e. The molecular formula is C10H17N3S2. The Labute approximate surface area is 101 Å². The summed E-state index contributed by atoms with van der Waals surface area (Å²) in [5.74, 6) is 0.806. The number of thiol groups is 1. The highest BCUT2D eigenvalue weighted by atomic mass is 32.1. The predicted molar refractivity (Wildman–Crippen MR) is 67.6 cm³/mol. The van der Waals surface area contributed by atoms with Gasteiger partial charge in [0, 0.05) is 43.0 Å². The number of hydrogen-bond donors (Lipinski definition) is 1. The van der Waals surface area contributed by atoms with E-state index < -0.39 is 0 Å². The summed E-state index contributed by atoms with van der Waals surface area (Å²) >= 11 is 6.04. The van der Waals surface area contributed by atoms with Crippen LogP contribution < -0.4 is 0 Å². The molecule has 0 aromatic carbocycles. The second-order valence-electron chi connectivity index (χ2n) is 3.96. The zero-order chi connectivity index (χ0) is 10.7. The summed E-state index contributed by atoms with van der Waals surface area (Å²) < 4.78 is 0. The van der Waals surface area contributed by atoms with Crippen molar-refractivity contribution in [3.63, 3.8) is 0 Å². The maximum Gasteiger partial charge on any atom is 0.107 e. The molecule has 84 valence electrons. The van der Waals surface area contributed by atoms with Crippen LogP contribution in [0.3, 0.4) is 0 Å². The minimum absolute atomic E-state index is 0.806. The van der Waals surface area contributed by atoms with Crippen molar-refractivity contribution in [3.8, 4) is 0 Å². The van der Waals surface area contributed by atoms with Crippen molar-refractivity contribution in [2.75, 3.05) is 33.2 Å². The molecule has 0 aliphatic carbocycles. The minimum atomic E-state index is 0.806. The molecule has 3 nitrogen and oxygen atoms in total. The third-order valence-electron chi connectivity index (χ3n) is 2.71. The fourth-order valence-electron chi connectivity index (χ4n) is 1.69. The second kappa shape index (κ2) is 5.30. The van der Waals surface area contributed by atoms with E-state index in [0.717, 1.165) is 25.4 Å². The van der Waals surface area contributed by atoms with Crippen LogP contribution in [-0.4, -0.2) is 48.0 Å². The normalized spacial score (nSPS) is 19.6. The molecule has 1 fully saturated rings. The van der Waals surface area contributed by atoms with Crippen molar-refractivity contribution < 1.29 is 0 Å². The predicted octanol–water partition coefficient (Wildman–Crippen LogP) is 1.32. The number of nitrogens with zero attached hydrogens (tertiary/aromatic N) is 3. The standard InChI is InChI=1S/C10H17N3S2/c1-12-2-4-13(5-3-12)7-10-11-6-9(8-14)15-10/h6,14H,2-5,7-8H2,1H3. The first-order valence-corrected chi connectivity index (χ1v) is 6.68. The molecule has 0 bridgehead atoms. The molecule has 2 heterocycles. The van der Waals surface area contributed by atoms with Gasteiger partial charge in [-0.3, -0.25) is 4.90 Å². The van der Waals surface area contributed by atoms with Gasteiger partial charge in [0.25, 0.3) is 0 Å². The molecule has 1 aliphatic heterocycles. The van der Waals surface area contributed by atoms with Gasteiger partial charge < -0.3 is 4.90 Å². The maximum absolute atomic E-state index is 4.41. The molecule has 0 saturated carbocycles. The van der Waals surface area contributed by atoms with Gasteiger partial charge in [0.15, 0.2) is 0 Å². The molecule has 0 radical (unpaired) electrons. The van der Waals surface area contributed by atoms with E-state index in [4.69, 9.17) is 0 Å². The topological polar surface area (TPSA) is 19.4 Å². The fraction of sp³-hybridized carbons (Fsp3) is 0.700. The molecule has 0 N–H and O–H groups in total. The van der Waals surface area contributed by atoms with E-state index in [1.165, 1.54) is 23.0 Å². The van der Waals surface area contributed by atoms with Gasteiger partial charge in [-0.1, -0.05) is 0 Å². The van der Waals surface area contributed by atoms with Gasteiger partial charge in [-0.25, -0.2) is 4.98 Å². The molecular weight excluding hydrogens is 226 g/mol. The Kier molecular flexibility index (Phi) is 4.02. The quantitative estimate of drug-likeness (QED) is 0.808. The van der Waals surface area contributed by atoms with Gasteiger partial charge in [0.05, 0.1) is 6.54 Å². The van der Waals surface area contributed by atoms with Crippen molar-refractivity contribution in [2.24, 2.45) is 0 Å². The first kappa shape index (κ1) is 11.4. The Balaban J connectivity index is 1.86. The van der Waals surface area contributed by atoms with Gasteiger partial charge in [0.2, 0.25) is 0 Å². The van der Waals surface area contributed by atoms with Crippen molar-refractivity contribution in [2.45, 2.75) is 12.3 Å². The molecule has 0 spiro atoms. The first-order chi connectivity index (χ1) is 7.28. The van der Waals surface area contributed by atoms with E-state index >= 15 is 0 Å². The Morgan fingerprint density at radius 1 is 1.40 bits per heavy atom. The number of likely N-dealkylation sites (N-methyl/N-ethyl adjacent to an activating group) is 1. The Hall–Kier alpha value is -0.100. The maximum atomic E-state index is 4.41. The van der Waals surface area contributed by atoms with Crippen LogP contribution in [0.4, 0.5) is 0 Å². The average Bonchev–Trinajstić information content (AvgIpc) is 2.69. The minimum Gasteiger partial charge on any atom is -0.304 e. The molecule has 5 heteroatoms. The van der Waals surface area contributed by atoms with Crippen molar-refractivity contribution in [1.82, 2.24) is 14.8 Å². The molecule has 0 amide bonds. The summed E-state index contributed by atoms with van der Waals surface area (Å²) in [7, 11) is 2.18. The molecule has 1 aromatic rings. The van der Waals surface area contributed by atoms with E-state index in [0.29, 0.717) is 0 Å². The molecule has 15 heavy (non-hydrogen) atoms. The zero-order valence-electron chi connectivity index (χ0n) is 9.02. The highest BCUT2D eigenvalue weighted by Gasteiger charge is 2.14. The van der Waals surface area contributed by atoms with E-state index in [2.05, 4.69) is 34.5 Å². The Morgan fingerprint density at radius 2 is 2.13 bits per heavy atom. The monoisotopic (exact) mass is 243 g/mol. The van der Waals surface area contributed by atoms with Crippen LogP contribution in [-0.2, 0) is 12.3 Å². The highest BCUT2D eigenvalue weighted by Crippen LogP contribution is 2.17. The largest absolute Gasteiger partial charge is 0.304 e. The van der Waals surface area contributed by atoms with Crippen LogP contribution in [0.1, 0.15) is 9.88 Å². The summed E-state index contributed by atoms with van der Waals surface area (Å²) in [4.78, 5) is 10.5. The number of rotatable bonds is 3. The van der Waals surface area contributed by atoms with Gasteiger partial charge >= 0.3 is 0 Å². The van der Waals surface area contributed by atoms with Crippen LogP contribution in [0, 0.1) is 0 Å². The van der Waals surface area contributed by atoms with Gasteiger partial charge in [-0.15, -0.1) is 11.3 Å². The molecule has 0 atom stereocenters. The SMILES string of the molecule is CN1CCN(Cc2ncc(CS)s2)CC1. The van der Waals surface area contributed by atoms with Gasteiger partial charge in [0.1, 0.15) is 5.01 Å². The van der Waals surface area contributed by atoms with Crippen molar-refractivity contribution in [1.29, 1.82) is 0 Å². The summed E-state index contributed by atoms with van der Waals surface area (Å²) in [5.41, 5.74) is 0. The van der Waals surface area contributed by atoms with Crippen molar-refractivity contribution in [3.05, 3.63) is 16.1 Å². The van der Waals surface area contributed by atoms with E-state index in [9.17, 15) is 0 Å². The second-order valence-corrected chi connectivity index (χ2v) is 5.47. The van der Waals surface area contributed by atoms with Crippen molar-refractivity contribution >= 4 is 24.0 Å². The lowest BCUT2D eigenvalue weighted by Crippen LogP contribution is -2.43. The first-order valence-electron chi connectivity index (χ1n) is 5.23. The highest BCUT2D eigenvalue weighted by molar-refractivity contribution is 7.79. The summed E-state index contributed by atoms with van der Waals surface area (Å²) in [6.45, 7) is 5.67. The molecule has 1 aromatic heterocycles. The summed E-state index contributed by atoms with van der Waals surface area (Å²) in [6.07, 6.45) is 1.95. The van der Waals surface area contributed by atoms with Crippen LogP contribution >= 0.6 is 24.0 Å². The van der Waals surface area contributed by atoms with Crippen LogP contribution in [0.15, 0.2) is 6.20 Å². The average molecular weight is 243 g/mol. The Morgan fingerprint density at radius 3 is 2.73 bits per heavy atom.